The number of carbonyl (C=O) groups excluding carboxylic acids is 1. The monoisotopic (exact) mass is 204 g/mol. The van der Waals surface area contributed by atoms with Crippen LogP contribution in [0.4, 0.5) is 0 Å². The fraction of sp³-hybridized carbons (Fsp3) is 0.625. The van der Waals surface area contributed by atoms with Crippen molar-refractivity contribution in [2.75, 3.05) is 7.11 Å². The molecule has 0 atom stereocenters. The normalized spacial score (nSPS) is 10.7. The minimum atomic E-state index is -2.47. The Hall–Kier alpha value is -1.59. The minimum Gasteiger partial charge on any atom is -0.480 e. The highest BCUT2D eigenvalue weighted by molar-refractivity contribution is 6.16. The summed E-state index contributed by atoms with van der Waals surface area (Å²) in [5, 5.41) is 17.5. The smallest absolute Gasteiger partial charge is 0.334 e. The molecule has 0 aromatic rings. The van der Waals surface area contributed by atoms with Crippen molar-refractivity contribution in [3.8, 4) is 0 Å². The van der Waals surface area contributed by atoms with E-state index in [9.17, 15) is 14.4 Å². The summed E-state index contributed by atoms with van der Waals surface area (Å²) < 4.78 is 4.19. The summed E-state index contributed by atoms with van der Waals surface area (Å²) >= 11 is 0. The number of carboxylic acids is 2. The third-order valence-electron chi connectivity index (χ3n) is 1.89. The van der Waals surface area contributed by atoms with E-state index in [-0.39, 0.29) is 12.8 Å². The number of carboxylic acid groups (broad SMARTS) is 2. The summed E-state index contributed by atoms with van der Waals surface area (Å²) in [5.74, 6) is -4.64. The summed E-state index contributed by atoms with van der Waals surface area (Å²) in [6, 6.07) is 0. The van der Waals surface area contributed by atoms with Crippen LogP contribution in [0.25, 0.3) is 0 Å². The summed E-state index contributed by atoms with van der Waals surface area (Å²) in [6.45, 7) is 1.59. The van der Waals surface area contributed by atoms with Gasteiger partial charge in [-0.15, -0.1) is 0 Å². The molecule has 0 aromatic heterocycles. The molecule has 0 fully saturated rings. The number of aliphatic carboxylic acids is 2. The molecule has 0 bridgehead atoms. The van der Waals surface area contributed by atoms with Crippen LogP contribution in [0, 0.1) is 5.41 Å². The van der Waals surface area contributed by atoms with Gasteiger partial charge in [0.15, 0.2) is 0 Å². The summed E-state index contributed by atoms with van der Waals surface area (Å²) in [4.78, 5) is 32.7. The van der Waals surface area contributed by atoms with Crippen LogP contribution in [0.2, 0.25) is 0 Å². The van der Waals surface area contributed by atoms with Gasteiger partial charge in [0.25, 0.3) is 5.41 Å². The molecule has 0 saturated heterocycles. The second kappa shape index (κ2) is 4.59. The highest BCUT2D eigenvalue weighted by atomic mass is 16.5. The molecule has 0 aliphatic carbocycles. The van der Waals surface area contributed by atoms with Crippen molar-refractivity contribution in [3.05, 3.63) is 0 Å². The van der Waals surface area contributed by atoms with Gasteiger partial charge in [-0.2, -0.15) is 0 Å². The molecular formula is C8H12O6. The first-order valence-electron chi connectivity index (χ1n) is 3.98. The molecule has 0 aliphatic heterocycles. The molecule has 0 aliphatic rings. The zero-order chi connectivity index (χ0) is 11.4. The lowest BCUT2D eigenvalue weighted by atomic mass is 9.83. The highest BCUT2D eigenvalue weighted by Crippen LogP contribution is 2.26. The van der Waals surface area contributed by atoms with E-state index >= 15 is 0 Å². The van der Waals surface area contributed by atoms with Crippen LogP contribution in [0.5, 0.6) is 0 Å². The lowest BCUT2D eigenvalue weighted by Gasteiger charge is -2.20. The number of rotatable bonds is 5. The number of ether oxygens (including phenoxy) is 1. The van der Waals surface area contributed by atoms with Gasteiger partial charge < -0.3 is 14.9 Å². The van der Waals surface area contributed by atoms with Crippen LogP contribution in [0.3, 0.4) is 0 Å². The molecular weight excluding hydrogens is 192 g/mol. The van der Waals surface area contributed by atoms with E-state index < -0.39 is 23.3 Å². The molecule has 0 unspecified atom stereocenters. The summed E-state index contributed by atoms with van der Waals surface area (Å²) in [7, 11) is 0.957. The Morgan fingerprint density at radius 1 is 1.21 bits per heavy atom. The van der Waals surface area contributed by atoms with E-state index in [1.807, 2.05) is 0 Å². The molecule has 0 heterocycles. The van der Waals surface area contributed by atoms with Crippen molar-refractivity contribution < 1.29 is 29.3 Å². The van der Waals surface area contributed by atoms with Crippen molar-refractivity contribution in [2.24, 2.45) is 5.41 Å². The summed E-state index contributed by atoms with van der Waals surface area (Å²) in [6.07, 6.45) is -0.0297. The van der Waals surface area contributed by atoms with Gasteiger partial charge in [-0.05, 0) is 6.42 Å². The molecule has 0 amide bonds. The molecule has 2 N–H and O–H groups in total. The topological polar surface area (TPSA) is 101 Å². The van der Waals surface area contributed by atoms with Crippen molar-refractivity contribution in [3.63, 3.8) is 0 Å². The van der Waals surface area contributed by atoms with Crippen molar-refractivity contribution in [1.82, 2.24) is 0 Å². The molecule has 6 nitrogen and oxygen atoms in total. The predicted octanol–water partition coefficient (Wildman–Crippen LogP) is 0.115. The number of esters is 1. The van der Waals surface area contributed by atoms with E-state index in [1.54, 1.807) is 6.92 Å². The third-order valence-corrected chi connectivity index (χ3v) is 1.89. The Morgan fingerprint density at radius 3 is 1.86 bits per heavy atom. The Kier molecular flexibility index (Phi) is 4.07. The zero-order valence-electron chi connectivity index (χ0n) is 7.94. The number of methoxy groups -OCH3 is 1. The number of hydrogen-bond acceptors (Lipinski definition) is 4. The van der Waals surface area contributed by atoms with Gasteiger partial charge in [0.05, 0.1) is 7.11 Å². The van der Waals surface area contributed by atoms with Crippen molar-refractivity contribution in [2.45, 2.75) is 19.8 Å². The lowest BCUT2D eigenvalue weighted by Crippen LogP contribution is -2.47. The molecule has 6 heteroatoms. The van der Waals surface area contributed by atoms with Gasteiger partial charge in [-0.25, -0.2) is 0 Å². The molecule has 14 heavy (non-hydrogen) atoms. The quantitative estimate of drug-likeness (QED) is 0.487. The van der Waals surface area contributed by atoms with E-state index in [0.29, 0.717) is 0 Å². The fourth-order valence-corrected chi connectivity index (χ4v) is 1.13. The summed E-state index contributed by atoms with van der Waals surface area (Å²) in [5.41, 5.74) is -2.47. The van der Waals surface area contributed by atoms with E-state index in [1.165, 1.54) is 0 Å². The van der Waals surface area contributed by atoms with Crippen LogP contribution < -0.4 is 0 Å². The third kappa shape index (κ3) is 1.84. The second-order valence-electron chi connectivity index (χ2n) is 2.76. The maximum absolute atomic E-state index is 11.1. The largest absolute Gasteiger partial charge is 0.480 e. The van der Waals surface area contributed by atoms with Crippen molar-refractivity contribution >= 4 is 17.9 Å². The SMILES string of the molecule is CCCC(C(=O)O)(C(=O)O)C(=O)OC. The van der Waals surface area contributed by atoms with Crippen molar-refractivity contribution in [1.29, 1.82) is 0 Å². The lowest BCUT2D eigenvalue weighted by molar-refractivity contribution is -0.177. The Labute approximate surface area is 80.5 Å². The Bertz CT molecular complexity index is 243. The maximum Gasteiger partial charge on any atom is 0.334 e. The molecule has 0 spiro atoms. The first kappa shape index (κ1) is 12.4. The zero-order valence-corrected chi connectivity index (χ0v) is 7.94. The van der Waals surface area contributed by atoms with Gasteiger partial charge >= 0.3 is 17.9 Å². The van der Waals surface area contributed by atoms with Gasteiger partial charge in [0.2, 0.25) is 0 Å². The molecule has 0 aromatic carbocycles. The fourth-order valence-electron chi connectivity index (χ4n) is 1.13. The minimum absolute atomic E-state index is 0.258. The van der Waals surface area contributed by atoms with E-state index in [0.717, 1.165) is 7.11 Å². The van der Waals surface area contributed by atoms with Gasteiger partial charge in [0, 0.05) is 0 Å². The van der Waals surface area contributed by atoms with Gasteiger partial charge in [0.1, 0.15) is 0 Å². The molecule has 0 rings (SSSR count). The van der Waals surface area contributed by atoms with Crippen LogP contribution >= 0.6 is 0 Å². The number of carbonyl (C=O) groups is 3. The first-order valence-corrected chi connectivity index (χ1v) is 3.98. The standard InChI is InChI=1S/C8H12O6/c1-3-4-8(5(9)10,6(11)12)7(13)14-2/h3-4H2,1-2H3,(H,9,10)(H,11,12). The van der Waals surface area contributed by atoms with Gasteiger partial charge in [-0.1, -0.05) is 13.3 Å². The van der Waals surface area contributed by atoms with Crippen LogP contribution in [0.1, 0.15) is 19.8 Å². The average Bonchev–Trinajstić information content (AvgIpc) is 2.11. The first-order chi connectivity index (χ1) is 6.43. The van der Waals surface area contributed by atoms with E-state index in [2.05, 4.69) is 4.74 Å². The highest BCUT2D eigenvalue weighted by Gasteiger charge is 2.54. The van der Waals surface area contributed by atoms with Gasteiger partial charge in [-0.3, -0.25) is 14.4 Å². The molecule has 80 valence electrons. The Balaban J connectivity index is 5.26. The molecule has 0 radical (unpaired) electrons. The van der Waals surface area contributed by atoms with E-state index in [4.69, 9.17) is 10.2 Å². The van der Waals surface area contributed by atoms with Crippen LogP contribution in [-0.4, -0.2) is 35.2 Å². The van der Waals surface area contributed by atoms with Crippen LogP contribution in [0.15, 0.2) is 0 Å². The van der Waals surface area contributed by atoms with Crippen LogP contribution in [-0.2, 0) is 19.1 Å². The maximum atomic E-state index is 11.1. The predicted molar refractivity (Wildman–Crippen MR) is 44.6 cm³/mol. The molecule has 0 saturated carbocycles. The Morgan fingerprint density at radius 2 is 1.64 bits per heavy atom. The average molecular weight is 204 g/mol. The second-order valence-corrected chi connectivity index (χ2v) is 2.76. The number of hydrogen-bond donors (Lipinski definition) is 2.